The second-order valence-corrected chi connectivity index (χ2v) is 5.55. The third-order valence-electron chi connectivity index (χ3n) is 3.81. The lowest BCUT2D eigenvalue weighted by Gasteiger charge is -2.03. The second-order valence-electron chi connectivity index (χ2n) is 5.55. The van der Waals surface area contributed by atoms with Gasteiger partial charge in [-0.1, -0.05) is 54.6 Å². The number of benzene rings is 3. The van der Waals surface area contributed by atoms with Crippen LogP contribution in [0.25, 0.3) is 11.1 Å². The summed E-state index contributed by atoms with van der Waals surface area (Å²) in [5.74, 6) is -0.926. The lowest BCUT2D eigenvalue weighted by atomic mass is 10.0. The molecule has 0 saturated heterocycles. The molecule has 0 bridgehead atoms. The Labute approximate surface area is 140 Å². The van der Waals surface area contributed by atoms with Crippen molar-refractivity contribution in [3.63, 3.8) is 0 Å². The number of carboxylic acid groups (broad SMARTS) is 1. The molecular weight excluding hydrogens is 298 g/mol. The van der Waals surface area contributed by atoms with E-state index in [9.17, 15) is 4.79 Å². The van der Waals surface area contributed by atoms with Crippen LogP contribution in [-0.4, -0.2) is 17.3 Å². The molecule has 118 valence electrons. The van der Waals surface area contributed by atoms with Crippen LogP contribution >= 0.6 is 0 Å². The largest absolute Gasteiger partial charge is 0.478 e. The minimum Gasteiger partial charge on any atom is -0.478 e. The fourth-order valence-electron chi connectivity index (χ4n) is 2.47. The Bertz CT molecular complexity index is 881. The van der Waals surface area contributed by atoms with E-state index < -0.39 is 5.97 Å². The highest BCUT2D eigenvalue weighted by Gasteiger charge is 2.04. The number of aliphatic imine (C=N–C) groups is 1. The molecule has 0 radical (unpaired) electrons. The fraction of sp³-hybridized carbons (Fsp3) is 0.0476. The zero-order valence-corrected chi connectivity index (χ0v) is 13.3. The highest BCUT2D eigenvalue weighted by molar-refractivity contribution is 5.89. The molecule has 3 rings (SSSR count). The van der Waals surface area contributed by atoms with Crippen molar-refractivity contribution in [2.24, 2.45) is 4.99 Å². The average molecular weight is 315 g/mol. The van der Waals surface area contributed by atoms with Crippen molar-refractivity contribution in [2.45, 2.75) is 6.92 Å². The van der Waals surface area contributed by atoms with Crippen molar-refractivity contribution >= 4 is 17.9 Å². The first-order valence-electron chi connectivity index (χ1n) is 7.67. The quantitative estimate of drug-likeness (QED) is 0.680. The van der Waals surface area contributed by atoms with E-state index in [-0.39, 0.29) is 5.56 Å². The van der Waals surface area contributed by atoms with Gasteiger partial charge in [0.1, 0.15) is 0 Å². The van der Waals surface area contributed by atoms with Gasteiger partial charge in [0.2, 0.25) is 0 Å². The van der Waals surface area contributed by atoms with Gasteiger partial charge in [-0.15, -0.1) is 0 Å². The number of nitrogens with zero attached hydrogens (tertiary/aromatic N) is 1. The van der Waals surface area contributed by atoms with Gasteiger partial charge >= 0.3 is 5.97 Å². The summed E-state index contributed by atoms with van der Waals surface area (Å²) < 4.78 is 0. The fourth-order valence-corrected chi connectivity index (χ4v) is 2.47. The first-order chi connectivity index (χ1) is 11.6. The number of hydrogen-bond donors (Lipinski definition) is 1. The summed E-state index contributed by atoms with van der Waals surface area (Å²) >= 11 is 0. The number of carbonyl (C=O) groups is 1. The van der Waals surface area contributed by atoms with Crippen LogP contribution in [-0.2, 0) is 0 Å². The highest BCUT2D eigenvalue weighted by Crippen LogP contribution is 2.21. The van der Waals surface area contributed by atoms with Gasteiger partial charge in [0.15, 0.2) is 0 Å². The third kappa shape index (κ3) is 3.58. The molecular formula is C21H17NO2. The minimum atomic E-state index is -0.926. The first-order valence-corrected chi connectivity index (χ1v) is 7.67. The van der Waals surface area contributed by atoms with Crippen molar-refractivity contribution in [1.82, 2.24) is 0 Å². The predicted molar refractivity (Wildman–Crippen MR) is 97.3 cm³/mol. The van der Waals surface area contributed by atoms with Crippen LogP contribution in [0.2, 0.25) is 0 Å². The van der Waals surface area contributed by atoms with E-state index in [0.29, 0.717) is 0 Å². The topological polar surface area (TPSA) is 49.7 Å². The monoisotopic (exact) mass is 315 g/mol. The van der Waals surface area contributed by atoms with Gasteiger partial charge in [0.05, 0.1) is 11.3 Å². The van der Waals surface area contributed by atoms with E-state index >= 15 is 0 Å². The Morgan fingerprint density at radius 2 is 1.58 bits per heavy atom. The van der Waals surface area contributed by atoms with E-state index in [2.05, 4.69) is 29.3 Å². The molecule has 3 heteroatoms. The molecule has 24 heavy (non-hydrogen) atoms. The standard InChI is InChI=1S/C21H17NO2/c1-15-13-19(21(23)24)11-12-20(15)22-14-16-7-9-18(10-8-16)17-5-3-2-4-6-17/h2-14H,1H3,(H,23,24)/b22-14+. The zero-order valence-electron chi connectivity index (χ0n) is 13.3. The summed E-state index contributed by atoms with van der Waals surface area (Å²) in [5, 5.41) is 8.99. The molecule has 0 spiro atoms. The molecule has 1 N–H and O–H groups in total. The maximum atomic E-state index is 11.0. The molecule has 0 atom stereocenters. The Morgan fingerprint density at radius 3 is 2.21 bits per heavy atom. The normalized spacial score (nSPS) is 10.9. The number of aryl methyl sites for hydroxylation is 1. The van der Waals surface area contributed by atoms with E-state index in [4.69, 9.17) is 5.11 Å². The van der Waals surface area contributed by atoms with Gasteiger partial charge in [0.25, 0.3) is 0 Å². The molecule has 0 aromatic heterocycles. The van der Waals surface area contributed by atoms with Crippen LogP contribution < -0.4 is 0 Å². The molecule has 3 aromatic carbocycles. The van der Waals surface area contributed by atoms with E-state index in [0.717, 1.165) is 22.4 Å². The number of hydrogen-bond acceptors (Lipinski definition) is 2. The average Bonchev–Trinajstić information content (AvgIpc) is 2.62. The first kappa shape index (κ1) is 15.7. The molecule has 0 unspecified atom stereocenters. The zero-order chi connectivity index (χ0) is 16.9. The summed E-state index contributed by atoms with van der Waals surface area (Å²) in [6.07, 6.45) is 1.79. The second kappa shape index (κ2) is 6.92. The smallest absolute Gasteiger partial charge is 0.335 e. The molecule has 0 aliphatic rings. The number of carboxylic acids is 1. The summed E-state index contributed by atoms with van der Waals surface area (Å²) in [6.45, 7) is 1.86. The Hall–Kier alpha value is -3.20. The molecule has 3 nitrogen and oxygen atoms in total. The minimum absolute atomic E-state index is 0.277. The van der Waals surface area contributed by atoms with Gasteiger partial charge in [-0.3, -0.25) is 4.99 Å². The van der Waals surface area contributed by atoms with E-state index in [1.165, 1.54) is 5.56 Å². The van der Waals surface area contributed by atoms with E-state index in [1.54, 1.807) is 24.4 Å². The Morgan fingerprint density at radius 1 is 0.917 bits per heavy atom. The van der Waals surface area contributed by atoms with Gasteiger partial charge in [-0.25, -0.2) is 4.79 Å². The lowest BCUT2D eigenvalue weighted by Crippen LogP contribution is -1.95. The summed E-state index contributed by atoms with van der Waals surface area (Å²) in [7, 11) is 0. The Kier molecular flexibility index (Phi) is 4.52. The van der Waals surface area contributed by atoms with Crippen molar-refractivity contribution in [2.75, 3.05) is 0 Å². The van der Waals surface area contributed by atoms with Crippen LogP contribution in [0.5, 0.6) is 0 Å². The maximum absolute atomic E-state index is 11.0. The Balaban J connectivity index is 1.79. The van der Waals surface area contributed by atoms with E-state index in [1.807, 2.05) is 37.3 Å². The highest BCUT2D eigenvalue weighted by atomic mass is 16.4. The van der Waals surface area contributed by atoms with Crippen molar-refractivity contribution in [3.05, 3.63) is 89.5 Å². The molecule has 3 aromatic rings. The molecule has 0 saturated carbocycles. The molecule has 0 amide bonds. The third-order valence-corrected chi connectivity index (χ3v) is 3.81. The van der Waals surface area contributed by atoms with Crippen LogP contribution in [0.1, 0.15) is 21.5 Å². The summed E-state index contributed by atoms with van der Waals surface area (Å²) in [5.41, 5.74) is 5.23. The van der Waals surface area contributed by atoms with Gasteiger partial charge < -0.3 is 5.11 Å². The van der Waals surface area contributed by atoms with Crippen LogP contribution in [0.4, 0.5) is 5.69 Å². The molecule has 0 aliphatic carbocycles. The number of aromatic carboxylic acids is 1. The number of rotatable bonds is 4. The SMILES string of the molecule is Cc1cc(C(=O)O)ccc1/N=C/c1ccc(-c2ccccc2)cc1. The summed E-state index contributed by atoms with van der Waals surface area (Å²) in [6, 6.07) is 23.3. The predicted octanol–water partition coefficient (Wildman–Crippen LogP) is 5.11. The van der Waals surface area contributed by atoms with Crippen LogP contribution in [0.15, 0.2) is 77.8 Å². The van der Waals surface area contributed by atoms with Crippen molar-refractivity contribution < 1.29 is 9.90 Å². The van der Waals surface area contributed by atoms with Gasteiger partial charge in [0, 0.05) is 6.21 Å². The van der Waals surface area contributed by atoms with Crippen molar-refractivity contribution in [3.8, 4) is 11.1 Å². The summed E-state index contributed by atoms with van der Waals surface area (Å²) in [4.78, 5) is 15.4. The van der Waals surface area contributed by atoms with Crippen LogP contribution in [0.3, 0.4) is 0 Å². The van der Waals surface area contributed by atoms with Crippen LogP contribution in [0, 0.1) is 6.92 Å². The van der Waals surface area contributed by atoms with Gasteiger partial charge in [-0.2, -0.15) is 0 Å². The lowest BCUT2D eigenvalue weighted by molar-refractivity contribution is 0.0697. The maximum Gasteiger partial charge on any atom is 0.335 e. The molecule has 0 heterocycles. The molecule has 0 aliphatic heterocycles. The van der Waals surface area contributed by atoms with Gasteiger partial charge in [-0.05, 0) is 47.4 Å². The van der Waals surface area contributed by atoms with Crippen molar-refractivity contribution in [1.29, 1.82) is 0 Å². The molecule has 0 fully saturated rings.